The van der Waals surface area contributed by atoms with Crippen LogP contribution in [0.25, 0.3) is 0 Å². The molecule has 2 aromatic carbocycles. The fourth-order valence-electron chi connectivity index (χ4n) is 1.67. The molecule has 0 aliphatic heterocycles. The Morgan fingerprint density at radius 2 is 1.44 bits per heavy atom. The second-order valence-electron chi connectivity index (χ2n) is 3.81. The summed E-state index contributed by atoms with van der Waals surface area (Å²) >= 11 is 11.4. The molecule has 0 aromatic heterocycles. The molecule has 0 spiro atoms. The fraction of sp³-hybridized carbons (Fsp3) is 0.0769. The molecule has 0 radical (unpaired) electrons. The fourth-order valence-corrected chi connectivity index (χ4v) is 2.01. The van der Waals surface area contributed by atoms with Gasteiger partial charge in [-0.3, -0.25) is 0 Å². The molecule has 0 bridgehead atoms. The maximum atomic E-state index is 13.7. The third-order valence-corrected chi connectivity index (χ3v) is 3.06. The van der Waals surface area contributed by atoms with Crippen molar-refractivity contribution >= 4 is 23.2 Å². The van der Waals surface area contributed by atoms with E-state index in [1.165, 1.54) is 30.3 Å². The molecule has 0 aliphatic carbocycles. The second kappa shape index (κ2) is 5.22. The first kappa shape index (κ1) is 13.3. The summed E-state index contributed by atoms with van der Waals surface area (Å²) in [7, 11) is 0. The van der Waals surface area contributed by atoms with Crippen LogP contribution in [-0.4, -0.2) is 0 Å². The van der Waals surface area contributed by atoms with Crippen molar-refractivity contribution in [3.8, 4) is 0 Å². The van der Waals surface area contributed by atoms with E-state index in [-0.39, 0.29) is 16.1 Å². The van der Waals surface area contributed by atoms with Gasteiger partial charge in [0.2, 0.25) is 0 Å². The minimum absolute atomic E-state index is 0.142. The highest BCUT2D eigenvalue weighted by Crippen LogP contribution is 2.27. The van der Waals surface area contributed by atoms with Crippen LogP contribution in [0.3, 0.4) is 0 Å². The summed E-state index contributed by atoms with van der Waals surface area (Å²) in [6.07, 6.45) is 0. The first-order valence-corrected chi connectivity index (χ1v) is 5.90. The summed E-state index contributed by atoms with van der Waals surface area (Å²) in [5, 5.41) is 0.603. The molecule has 18 heavy (non-hydrogen) atoms. The molecule has 2 N–H and O–H groups in total. The number of hydrogen-bond donors (Lipinski definition) is 1. The maximum absolute atomic E-state index is 13.7. The molecular formula is C13H9Cl2F2N. The Morgan fingerprint density at radius 3 is 2.11 bits per heavy atom. The van der Waals surface area contributed by atoms with E-state index < -0.39 is 17.7 Å². The van der Waals surface area contributed by atoms with Crippen molar-refractivity contribution in [3.63, 3.8) is 0 Å². The summed E-state index contributed by atoms with van der Waals surface area (Å²) < 4.78 is 27.3. The normalized spacial score (nSPS) is 12.5. The van der Waals surface area contributed by atoms with Gasteiger partial charge in [0, 0.05) is 21.2 Å². The lowest BCUT2D eigenvalue weighted by atomic mass is 9.99. The SMILES string of the molecule is NC(c1ccc(Cl)cc1F)c1cc(Cl)ccc1F. The maximum Gasteiger partial charge on any atom is 0.129 e. The molecule has 1 nitrogen and oxygen atoms in total. The molecule has 0 fully saturated rings. The quantitative estimate of drug-likeness (QED) is 0.875. The van der Waals surface area contributed by atoms with Crippen LogP contribution in [0, 0.1) is 11.6 Å². The topological polar surface area (TPSA) is 26.0 Å². The Kier molecular flexibility index (Phi) is 3.85. The van der Waals surface area contributed by atoms with Crippen molar-refractivity contribution < 1.29 is 8.78 Å². The zero-order valence-corrected chi connectivity index (χ0v) is 10.6. The largest absolute Gasteiger partial charge is 0.320 e. The van der Waals surface area contributed by atoms with Gasteiger partial charge in [0.15, 0.2) is 0 Å². The third-order valence-electron chi connectivity index (χ3n) is 2.59. The van der Waals surface area contributed by atoms with Crippen LogP contribution in [0.2, 0.25) is 10.0 Å². The van der Waals surface area contributed by atoms with Crippen LogP contribution in [0.1, 0.15) is 17.2 Å². The van der Waals surface area contributed by atoms with Gasteiger partial charge in [-0.1, -0.05) is 29.3 Å². The number of rotatable bonds is 2. The summed E-state index contributed by atoms with van der Waals surface area (Å²) in [5.41, 5.74) is 6.16. The van der Waals surface area contributed by atoms with E-state index in [9.17, 15) is 8.78 Å². The first-order chi connectivity index (χ1) is 8.49. The highest BCUT2D eigenvalue weighted by Gasteiger charge is 2.17. The van der Waals surface area contributed by atoms with Gasteiger partial charge in [0.1, 0.15) is 11.6 Å². The van der Waals surface area contributed by atoms with Crippen LogP contribution in [0.4, 0.5) is 8.78 Å². The summed E-state index contributed by atoms with van der Waals surface area (Å²) in [6.45, 7) is 0. The van der Waals surface area contributed by atoms with Gasteiger partial charge in [-0.2, -0.15) is 0 Å². The van der Waals surface area contributed by atoms with E-state index in [0.29, 0.717) is 5.02 Å². The monoisotopic (exact) mass is 287 g/mol. The van der Waals surface area contributed by atoms with Gasteiger partial charge in [-0.15, -0.1) is 0 Å². The molecule has 94 valence electrons. The zero-order valence-electron chi connectivity index (χ0n) is 9.13. The van der Waals surface area contributed by atoms with Gasteiger partial charge in [0.05, 0.1) is 6.04 Å². The van der Waals surface area contributed by atoms with Crippen LogP contribution in [0.5, 0.6) is 0 Å². The molecular weight excluding hydrogens is 279 g/mol. The standard InChI is InChI=1S/C13H9Cl2F2N/c14-7-2-4-11(16)10(5-7)13(18)9-3-1-8(15)6-12(9)17/h1-6,13H,18H2. The van der Waals surface area contributed by atoms with Crippen molar-refractivity contribution in [2.75, 3.05) is 0 Å². The van der Waals surface area contributed by atoms with Gasteiger partial charge >= 0.3 is 0 Å². The Morgan fingerprint density at radius 1 is 0.833 bits per heavy atom. The minimum atomic E-state index is -0.930. The van der Waals surface area contributed by atoms with Crippen molar-refractivity contribution in [1.29, 1.82) is 0 Å². The van der Waals surface area contributed by atoms with Crippen LogP contribution >= 0.6 is 23.2 Å². The van der Waals surface area contributed by atoms with E-state index in [4.69, 9.17) is 28.9 Å². The highest BCUT2D eigenvalue weighted by atomic mass is 35.5. The Bertz CT molecular complexity index is 587. The Labute approximate surface area is 113 Å². The van der Waals surface area contributed by atoms with Gasteiger partial charge in [-0.25, -0.2) is 8.78 Å². The zero-order chi connectivity index (χ0) is 13.3. The van der Waals surface area contributed by atoms with E-state index in [1.54, 1.807) is 0 Å². The van der Waals surface area contributed by atoms with Crippen LogP contribution in [-0.2, 0) is 0 Å². The van der Waals surface area contributed by atoms with Crippen molar-refractivity contribution in [2.45, 2.75) is 6.04 Å². The average Bonchev–Trinajstić information content (AvgIpc) is 2.31. The average molecular weight is 288 g/mol. The number of nitrogens with two attached hydrogens (primary N) is 1. The lowest BCUT2D eigenvalue weighted by Gasteiger charge is -2.14. The summed E-state index contributed by atoms with van der Waals surface area (Å²) in [6, 6.07) is 7.14. The third kappa shape index (κ3) is 2.64. The molecule has 1 atom stereocenters. The Hall–Kier alpha value is -1.16. The lowest BCUT2D eigenvalue weighted by molar-refractivity contribution is 0.576. The highest BCUT2D eigenvalue weighted by molar-refractivity contribution is 6.30. The first-order valence-electron chi connectivity index (χ1n) is 5.14. The molecule has 2 aromatic rings. The minimum Gasteiger partial charge on any atom is -0.320 e. The molecule has 5 heteroatoms. The van der Waals surface area contributed by atoms with Crippen molar-refractivity contribution in [3.05, 3.63) is 69.2 Å². The van der Waals surface area contributed by atoms with Crippen LogP contribution < -0.4 is 5.73 Å². The Balaban J connectivity index is 2.47. The molecule has 0 heterocycles. The number of halogens is 4. The van der Waals surface area contributed by atoms with Gasteiger partial charge in [-0.05, 0) is 30.3 Å². The summed E-state index contributed by atoms with van der Waals surface area (Å²) in [5.74, 6) is -1.10. The number of hydrogen-bond acceptors (Lipinski definition) is 1. The smallest absolute Gasteiger partial charge is 0.129 e. The lowest BCUT2D eigenvalue weighted by Crippen LogP contribution is -2.15. The van der Waals surface area contributed by atoms with Crippen LogP contribution in [0.15, 0.2) is 36.4 Å². The van der Waals surface area contributed by atoms with Gasteiger partial charge in [0.25, 0.3) is 0 Å². The van der Waals surface area contributed by atoms with E-state index in [2.05, 4.69) is 0 Å². The number of benzene rings is 2. The van der Waals surface area contributed by atoms with Crippen molar-refractivity contribution in [2.24, 2.45) is 5.73 Å². The summed E-state index contributed by atoms with van der Waals surface area (Å²) in [4.78, 5) is 0. The predicted octanol–water partition coefficient (Wildman–Crippen LogP) is 4.32. The van der Waals surface area contributed by atoms with E-state index >= 15 is 0 Å². The molecule has 0 saturated carbocycles. The second-order valence-corrected chi connectivity index (χ2v) is 4.68. The molecule has 0 aliphatic rings. The molecule has 0 saturated heterocycles. The molecule has 0 amide bonds. The van der Waals surface area contributed by atoms with Crippen molar-refractivity contribution in [1.82, 2.24) is 0 Å². The molecule has 1 unspecified atom stereocenters. The predicted molar refractivity (Wildman–Crippen MR) is 68.9 cm³/mol. The van der Waals surface area contributed by atoms with E-state index in [0.717, 1.165) is 6.07 Å². The van der Waals surface area contributed by atoms with E-state index in [1.807, 2.05) is 0 Å². The molecule has 2 rings (SSSR count). The van der Waals surface area contributed by atoms with Gasteiger partial charge < -0.3 is 5.73 Å².